The van der Waals surface area contributed by atoms with Crippen LogP contribution in [0.4, 0.5) is 10.1 Å². The number of alkyl halides is 1. The molecule has 0 unspecified atom stereocenters. The first-order valence-electron chi connectivity index (χ1n) is 10.3. The number of aromatic nitrogens is 1. The van der Waals surface area contributed by atoms with Crippen LogP contribution in [0.15, 0.2) is 41.7 Å². The van der Waals surface area contributed by atoms with Gasteiger partial charge in [-0.05, 0) is 12.8 Å². The van der Waals surface area contributed by atoms with Crippen molar-refractivity contribution in [1.29, 1.82) is 0 Å². The molecule has 1 N–H and O–H groups in total. The van der Waals surface area contributed by atoms with Gasteiger partial charge in [0, 0.05) is 55.8 Å². The quantitative estimate of drug-likeness (QED) is 0.788. The standard InChI is InChI=1S/C22H28FN5O/c1-24-12-19-10-17(23)14-28(19)22(29)15-27-8-6-18(7-9-27)26-21-13-25-11-16-4-2-3-5-20(16)21/h2-5,11-13,17-19,26H,6-10,14-15H2,1H3/t17-,19-/m0/s1. The Morgan fingerprint density at radius 1 is 1.31 bits per heavy atom. The largest absolute Gasteiger partial charge is 0.380 e. The van der Waals surface area contributed by atoms with Crippen LogP contribution < -0.4 is 5.32 Å². The van der Waals surface area contributed by atoms with Gasteiger partial charge in [-0.1, -0.05) is 24.3 Å². The predicted octanol–water partition coefficient (Wildman–Crippen LogP) is 2.75. The second kappa shape index (κ2) is 8.86. The van der Waals surface area contributed by atoms with Crippen molar-refractivity contribution in [3.63, 3.8) is 0 Å². The molecule has 2 saturated heterocycles. The van der Waals surface area contributed by atoms with Crippen molar-refractivity contribution >= 4 is 28.6 Å². The molecule has 2 fully saturated rings. The van der Waals surface area contributed by atoms with Gasteiger partial charge in [0.15, 0.2) is 0 Å². The third-order valence-electron chi connectivity index (χ3n) is 5.91. The van der Waals surface area contributed by atoms with E-state index < -0.39 is 6.17 Å². The van der Waals surface area contributed by atoms with E-state index in [2.05, 4.69) is 32.3 Å². The highest BCUT2D eigenvalue weighted by molar-refractivity contribution is 5.92. The number of nitrogens with zero attached hydrogens (tertiary/aromatic N) is 4. The molecule has 154 valence electrons. The number of amides is 1. The molecular weight excluding hydrogens is 369 g/mol. The second-order valence-corrected chi connectivity index (χ2v) is 7.96. The van der Waals surface area contributed by atoms with E-state index in [1.54, 1.807) is 18.2 Å². The minimum atomic E-state index is -0.953. The molecule has 29 heavy (non-hydrogen) atoms. The van der Waals surface area contributed by atoms with Crippen LogP contribution in [-0.2, 0) is 4.79 Å². The summed E-state index contributed by atoms with van der Waals surface area (Å²) in [5.74, 6) is -0.000266. The summed E-state index contributed by atoms with van der Waals surface area (Å²) in [4.78, 5) is 24.8. The number of benzene rings is 1. The molecule has 2 aliphatic rings. The number of halogens is 1. The van der Waals surface area contributed by atoms with Gasteiger partial charge in [0.25, 0.3) is 0 Å². The van der Waals surface area contributed by atoms with Gasteiger partial charge in [-0.2, -0.15) is 0 Å². The zero-order chi connectivity index (χ0) is 20.2. The summed E-state index contributed by atoms with van der Waals surface area (Å²) in [7, 11) is 1.66. The summed E-state index contributed by atoms with van der Waals surface area (Å²) in [6, 6.07) is 8.39. The van der Waals surface area contributed by atoms with Crippen molar-refractivity contribution < 1.29 is 9.18 Å². The fourth-order valence-electron chi connectivity index (χ4n) is 4.38. The lowest BCUT2D eigenvalue weighted by molar-refractivity contribution is -0.132. The minimum Gasteiger partial charge on any atom is -0.380 e. The van der Waals surface area contributed by atoms with Gasteiger partial charge < -0.3 is 10.2 Å². The normalized spacial score (nSPS) is 23.9. The number of hydrogen-bond donors (Lipinski definition) is 1. The van der Waals surface area contributed by atoms with Crippen LogP contribution >= 0.6 is 0 Å². The predicted molar refractivity (Wildman–Crippen MR) is 114 cm³/mol. The summed E-state index contributed by atoms with van der Waals surface area (Å²) in [5.41, 5.74) is 1.06. The van der Waals surface area contributed by atoms with Crippen molar-refractivity contribution in [2.75, 3.05) is 38.5 Å². The third kappa shape index (κ3) is 4.56. The maximum absolute atomic E-state index is 13.8. The number of anilines is 1. The Bertz CT molecular complexity index is 875. The Kier molecular flexibility index (Phi) is 6.04. The number of hydrogen-bond acceptors (Lipinski definition) is 5. The van der Waals surface area contributed by atoms with Crippen LogP contribution in [0.5, 0.6) is 0 Å². The summed E-state index contributed by atoms with van der Waals surface area (Å²) in [6.45, 7) is 2.23. The number of piperidine rings is 1. The number of carbonyl (C=O) groups excluding carboxylic acids is 1. The van der Waals surface area contributed by atoms with Crippen LogP contribution in [0.2, 0.25) is 0 Å². The van der Waals surface area contributed by atoms with E-state index in [0.29, 0.717) is 19.0 Å². The van der Waals surface area contributed by atoms with Crippen LogP contribution in [0.25, 0.3) is 10.8 Å². The summed E-state index contributed by atoms with van der Waals surface area (Å²) >= 11 is 0. The Hall–Kier alpha value is -2.54. The van der Waals surface area contributed by atoms with Gasteiger partial charge in [0.2, 0.25) is 5.91 Å². The molecule has 6 nitrogen and oxygen atoms in total. The monoisotopic (exact) mass is 397 g/mol. The fraction of sp³-hybridized carbons (Fsp3) is 0.500. The highest BCUT2D eigenvalue weighted by Gasteiger charge is 2.35. The maximum atomic E-state index is 13.8. The first-order chi connectivity index (χ1) is 14.1. The van der Waals surface area contributed by atoms with Gasteiger partial charge in [0.1, 0.15) is 6.17 Å². The van der Waals surface area contributed by atoms with Crippen LogP contribution in [0, 0.1) is 0 Å². The average Bonchev–Trinajstić information content (AvgIpc) is 3.10. The van der Waals surface area contributed by atoms with Crippen molar-refractivity contribution in [3.8, 4) is 0 Å². The van der Waals surface area contributed by atoms with Crippen molar-refractivity contribution in [1.82, 2.24) is 14.8 Å². The molecule has 0 bridgehead atoms. The smallest absolute Gasteiger partial charge is 0.237 e. The molecule has 7 heteroatoms. The number of carbonyl (C=O) groups is 1. The van der Waals surface area contributed by atoms with Crippen molar-refractivity contribution in [2.24, 2.45) is 4.99 Å². The molecule has 2 aliphatic heterocycles. The topological polar surface area (TPSA) is 60.8 Å². The fourth-order valence-corrected chi connectivity index (χ4v) is 4.38. The van der Waals surface area contributed by atoms with E-state index in [9.17, 15) is 9.18 Å². The highest BCUT2D eigenvalue weighted by atomic mass is 19.1. The molecule has 2 aromatic rings. The van der Waals surface area contributed by atoms with Crippen molar-refractivity contribution in [3.05, 3.63) is 36.7 Å². The number of likely N-dealkylation sites (tertiary alicyclic amines) is 2. The molecule has 1 amide bonds. The zero-order valence-electron chi connectivity index (χ0n) is 16.8. The van der Waals surface area contributed by atoms with E-state index in [-0.39, 0.29) is 18.5 Å². The van der Waals surface area contributed by atoms with Gasteiger partial charge in [-0.15, -0.1) is 0 Å². The maximum Gasteiger partial charge on any atom is 0.237 e. The Morgan fingerprint density at radius 2 is 2.10 bits per heavy atom. The average molecular weight is 397 g/mol. The number of aliphatic imine (C=N–C) groups is 1. The Labute approximate surface area is 170 Å². The Morgan fingerprint density at radius 3 is 2.90 bits per heavy atom. The highest BCUT2D eigenvalue weighted by Crippen LogP contribution is 2.25. The first-order valence-corrected chi connectivity index (χ1v) is 10.3. The lowest BCUT2D eigenvalue weighted by Crippen LogP contribution is -2.47. The number of fused-ring (bicyclic) bond motifs is 1. The zero-order valence-corrected chi connectivity index (χ0v) is 16.8. The van der Waals surface area contributed by atoms with E-state index in [4.69, 9.17) is 0 Å². The SMILES string of the molecule is CN=C[C@@H]1C[C@H](F)CN1C(=O)CN1CCC(Nc2cncc3ccccc23)CC1. The second-order valence-electron chi connectivity index (χ2n) is 7.96. The molecule has 0 saturated carbocycles. The number of rotatable bonds is 5. The lowest BCUT2D eigenvalue weighted by atomic mass is 10.0. The lowest BCUT2D eigenvalue weighted by Gasteiger charge is -2.34. The molecule has 1 aromatic carbocycles. The molecule has 3 heterocycles. The van der Waals surface area contributed by atoms with Crippen LogP contribution in [0.1, 0.15) is 19.3 Å². The van der Waals surface area contributed by atoms with E-state index in [1.807, 2.05) is 24.5 Å². The third-order valence-corrected chi connectivity index (χ3v) is 5.91. The summed E-state index contributed by atoms with van der Waals surface area (Å²) < 4.78 is 13.8. The molecule has 1 aromatic heterocycles. The van der Waals surface area contributed by atoms with Gasteiger partial charge in [0.05, 0.1) is 31.0 Å². The molecule has 2 atom stereocenters. The number of pyridine rings is 1. The van der Waals surface area contributed by atoms with Gasteiger partial charge in [-0.25, -0.2) is 4.39 Å². The molecule has 0 spiro atoms. The van der Waals surface area contributed by atoms with Crippen LogP contribution in [-0.4, -0.2) is 78.4 Å². The summed E-state index contributed by atoms with van der Waals surface area (Å²) in [5, 5.41) is 5.94. The number of nitrogens with one attached hydrogen (secondary N) is 1. The molecule has 0 radical (unpaired) electrons. The molecule has 4 rings (SSSR count). The van der Waals surface area contributed by atoms with E-state index in [1.165, 1.54) is 5.39 Å². The van der Waals surface area contributed by atoms with E-state index in [0.717, 1.165) is 37.0 Å². The molecule has 0 aliphatic carbocycles. The minimum absolute atomic E-state index is 0.000266. The van der Waals surface area contributed by atoms with E-state index >= 15 is 0 Å². The van der Waals surface area contributed by atoms with Crippen molar-refractivity contribution in [2.45, 2.75) is 37.5 Å². The van der Waals surface area contributed by atoms with Gasteiger partial charge >= 0.3 is 0 Å². The first kappa shape index (κ1) is 19.8. The molecular formula is C22H28FN5O. The van der Waals surface area contributed by atoms with Gasteiger partial charge in [-0.3, -0.25) is 19.7 Å². The van der Waals surface area contributed by atoms with Crippen LogP contribution in [0.3, 0.4) is 0 Å². The summed E-state index contributed by atoms with van der Waals surface area (Å²) in [6.07, 6.45) is 6.77. The Balaban J connectivity index is 1.31.